The molecule has 54 valence electrons. The largest absolute Gasteiger partial charge is 0.395 e. The van der Waals surface area contributed by atoms with Gasteiger partial charge in [0.1, 0.15) is 0 Å². The Morgan fingerprint density at radius 1 is 1.56 bits per heavy atom. The molecule has 2 rings (SSSR count). The molecule has 1 heterocycles. The van der Waals surface area contributed by atoms with E-state index in [0.717, 1.165) is 18.4 Å². The molecular weight excluding hydrogens is 138 g/mol. The highest BCUT2D eigenvalue weighted by Gasteiger charge is 2.47. The summed E-state index contributed by atoms with van der Waals surface area (Å²) in [6, 6.07) is 0.444. The number of rotatable bonds is 1. The molecule has 1 aliphatic carbocycles. The first-order chi connectivity index (χ1) is 3.92. The Labute approximate surface area is 61.0 Å². The summed E-state index contributed by atoms with van der Waals surface area (Å²) in [5.41, 5.74) is 0. The Morgan fingerprint density at radius 3 is 2.56 bits per heavy atom. The van der Waals surface area contributed by atoms with Crippen molar-refractivity contribution in [2.45, 2.75) is 12.5 Å². The van der Waals surface area contributed by atoms with Crippen molar-refractivity contribution in [2.75, 3.05) is 13.2 Å². The van der Waals surface area contributed by atoms with E-state index in [1.165, 1.54) is 6.42 Å². The number of aliphatic hydroxyl groups excluding tert-OH is 1. The Hall–Kier alpha value is 0.210. The molecule has 0 aromatic carbocycles. The van der Waals surface area contributed by atoms with Crippen LogP contribution in [0.3, 0.4) is 0 Å². The third kappa shape index (κ3) is 1.07. The Bertz CT molecular complexity index is 109. The maximum absolute atomic E-state index is 8.70. The smallest absolute Gasteiger partial charge is 0.0587 e. The second kappa shape index (κ2) is 2.45. The highest BCUT2D eigenvalue weighted by Crippen LogP contribution is 2.44. The zero-order valence-electron chi connectivity index (χ0n) is 5.21. The van der Waals surface area contributed by atoms with Gasteiger partial charge < -0.3 is 10.4 Å². The summed E-state index contributed by atoms with van der Waals surface area (Å²) < 4.78 is 0. The normalized spacial score (nSPS) is 45.7. The van der Waals surface area contributed by atoms with E-state index >= 15 is 0 Å². The second-order valence-corrected chi connectivity index (χ2v) is 2.86. The van der Waals surface area contributed by atoms with Crippen LogP contribution in [-0.2, 0) is 0 Å². The Morgan fingerprint density at radius 2 is 2.33 bits per heavy atom. The van der Waals surface area contributed by atoms with E-state index in [1.807, 2.05) is 0 Å². The summed E-state index contributed by atoms with van der Waals surface area (Å²) in [6.45, 7) is 1.48. The Balaban J connectivity index is 0.000000405. The molecule has 1 saturated heterocycles. The van der Waals surface area contributed by atoms with Crippen molar-refractivity contribution in [1.82, 2.24) is 5.32 Å². The van der Waals surface area contributed by atoms with Crippen LogP contribution in [0.2, 0.25) is 0 Å². The van der Waals surface area contributed by atoms with E-state index in [2.05, 4.69) is 5.32 Å². The van der Waals surface area contributed by atoms with Crippen LogP contribution in [0.25, 0.3) is 0 Å². The van der Waals surface area contributed by atoms with Crippen molar-refractivity contribution in [1.29, 1.82) is 0 Å². The molecule has 0 spiro atoms. The number of hydrogen-bond donors (Lipinski definition) is 2. The molecule has 1 saturated carbocycles. The minimum atomic E-state index is 0. The summed E-state index contributed by atoms with van der Waals surface area (Å²) in [7, 11) is 0. The zero-order chi connectivity index (χ0) is 5.56. The number of fused-ring (bicyclic) bond motifs is 1. The average Bonchev–Trinajstić information content (AvgIpc) is 2.46. The lowest BCUT2D eigenvalue weighted by Gasteiger charge is -2.06. The van der Waals surface area contributed by atoms with Gasteiger partial charge in [-0.15, -0.1) is 12.4 Å². The van der Waals surface area contributed by atoms with Crippen molar-refractivity contribution >= 4 is 12.4 Å². The maximum Gasteiger partial charge on any atom is 0.0587 e. The number of aliphatic hydroxyl groups is 1. The summed E-state index contributed by atoms with van der Waals surface area (Å²) in [5.74, 6) is 1.76. The van der Waals surface area contributed by atoms with E-state index < -0.39 is 0 Å². The maximum atomic E-state index is 8.70. The summed E-state index contributed by atoms with van der Waals surface area (Å²) in [6.07, 6.45) is 1.36. The van der Waals surface area contributed by atoms with Crippen LogP contribution in [0.1, 0.15) is 6.42 Å². The minimum absolute atomic E-state index is 0. The van der Waals surface area contributed by atoms with Gasteiger partial charge in [-0.25, -0.2) is 0 Å². The third-order valence-electron chi connectivity index (χ3n) is 2.33. The molecule has 0 aromatic heterocycles. The summed E-state index contributed by atoms with van der Waals surface area (Å²) in [5, 5.41) is 12.0. The van der Waals surface area contributed by atoms with Gasteiger partial charge in [0.2, 0.25) is 0 Å². The number of nitrogens with one attached hydrogen (secondary N) is 1. The van der Waals surface area contributed by atoms with Crippen LogP contribution in [0.4, 0.5) is 0 Å². The number of halogens is 1. The molecule has 2 fully saturated rings. The standard InChI is InChI=1S/C6H11NO.ClH/c8-3-6-5-1-4(5)2-7-6;/h4-8H,1-3H2;1H/t4-,5-,6-;/m0./s1. The SMILES string of the molecule is Cl.OC[C@@H]1NC[C@@H]2C[C@@H]21. The van der Waals surface area contributed by atoms with E-state index in [9.17, 15) is 0 Å². The van der Waals surface area contributed by atoms with Crippen LogP contribution in [0.15, 0.2) is 0 Å². The molecule has 1 aliphatic heterocycles. The van der Waals surface area contributed by atoms with Crippen molar-refractivity contribution in [3.05, 3.63) is 0 Å². The summed E-state index contributed by atoms with van der Waals surface area (Å²) >= 11 is 0. The fourth-order valence-electron chi connectivity index (χ4n) is 1.65. The molecule has 3 atom stereocenters. The van der Waals surface area contributed by atoms with Gasteiger partial charge in [0.25, 0.3) is 0 Å². The average molecular weight is 150 g/mol. The van der Waals surface area contributed by atoms with Crippen molar-refractivity contribution in [3.8, 4) is 0 Å². The molecule has 0 radical (unpaired) electrons. The molecule has 9 heavy (non-hydrogen) atoms. The molecule has 2 aliphatic rings. The quantitative estimate of drug-likeness (QED) is 0.551. The first-order valence-electron chi connectivity index (χ1n) is 3.26. The molecule has 0 amide bonds. The number of piperidine rings is 1. The van der Waals surface area contributed by atoms with E-state index in [1.54, 1.807) is 0 Å². The zero-order valence-corrected chi connectivity index (χ0v) is 6.03. The highest BCUT2D eigenvalue weighted by atomic mass is 35.5. The van der Waals surface area contributed by atoms with Gasteiger partial charge in [-0.1, -0.05) is 0 Å². The fourth-order valence-corrected chi connectivity index (χ4v) is 1.65. The monoisotopic (exact) mass is 149 g/mol. The van der Waals surface area contributed by atoms with E-state index in [0.29, 0.717) is 12.6 Å². The molecule has 2 N–H and O–H groups in total. The van der Waals surface area contributed by atoms with Crippen molar-refractivity contribution in [2.24, 2.45) is 11.8 Å². The minimum Gasteiger partial charge on any atom is -0.395 e. The van der Waals surface area contributed by atoms with E-state index in [-0.39, 0.29) is 12.4 Å². The third-order valence-corrected chi connectivity index (χ3v) is 2.33. The number of hydrogen-bond acceptors (Lipinski definition) is 2. The van der Waals surface area contributed by atoms with Gasteiger partial charge in [0, 0.05) is 6.04 Å². The second-order valence-electron chi connectivity index (χ2n) is 2.86. The van der Waals surface area contributed by atoms with Crippen LogP contribution in [-0.4, -0.2) is 24.3 Å². The first kappa shape index (κ1) is 7.32. The topological polar surface area (TPSA) is 32.3 Å². The van der Waals surface area contributed by atoms with Gasteiger partial charge in [0.05, 0.1) is 6.61 Å². The van der Waals surface area contributed by atoms with Crippen molar-refractivity contribution in [3.63, 3.8) is 0 Å². The van der Waals surface area contributed by atoms with Gasteiger partial charge in [0.15, 0.2) is 0 Å². The lowest BCUT2D eigenvalue weighted by Crippen LogP contribution is -2.29. The van der Waals surface area contributed by atoms with Crippen LogP contribution in [0, 0.1) is 11.8 Å². The van der Waals surface area contributed by atoms with Crippen LogP contribution >= 0.6 is 12.4 Å². The van der Waals surface area contributed by atoms with Gasteiger partial charge >= 0.3 is 0 Å². The highest BCUT2D eigenvalue weighted by molar-refractivity contribution is 5.85. The predicted octanol–water partition coefficient (Wildman–Crippen LogP) is 0.00840. The Kier molecular flexibility index (Phi) is 1.99. The molecule has 2 nitrogen and oxygen atoms in total. The molecular formula is C6H12ClNO. The summed E-state index contributed by atoms with van der Waals surface area (Å²) in [4.78, 5) is 0. The molecule has 0 bridgehead atoms. The molecule has 3 heteroatoms. The first-order valence-corrected chi connectivity index (χ1v) is 3.26. The van der Waals surface area contributed by atoms with Gasteiger partial charge in [-0.3, -0.25) is 0 Å². The van der Waals surface area contributed by atoms with Gasteiger partial charge in [-0.2, -0.15) is 0 Å². The van der Waals surface area contributed by atoms with Gasteiger partial charge in [-0.05, 0) is 24.8 Å². The molecule has 0 aromatic rings. The fraction of sp³-hybridized carbons (Fsp3) is 1.00. The molecule has 0 unspecified atom stereocenters. The lowest BCUT2D eigenvalue weighted by molar-refractivity contribution is 0.242. The lowest BCUT2D eigenvalue weighted by atomic mass is 10.2. The predicted molar refractivity (Wildman–Crippen MR) is 37.7 cm³/mol. The van der Waals surface area contributed by atoms with Crippen LogP contribution in [0.5, 0.6) is 0 Å². The van der Waals surface area contributed by atoms with Crippen molar-refractivity contribution < 1.29 is 5.11 Å². The van der Waals surface area contributed by atoms with Crippen LogP contribution < -0.4 is 5.32 Å². The van der Waals surface area contributed by atoms with E-state index in [4.69, 9.17) is 5.11 Å².